The van der Waals surface area contributed by atoms with Crippen molar-refractivity contribution in [2.75, 3.05) is 38.1 Å². The number of para-hydroxylation sites is 1. The summed E-state index contributed by atoms with van der Waals surface area (Å²) in [6.07, 6.45) is 2.72. The van der Waals surface area contributed by atoms with Crippen LogP contribution in [0.4, 0.5) is 5.82 Å². The number of rotatable bonds is 7. The zero-order valence-electron chi connectivity index (χ0n) is 14.6. The zero-order chi connectivity index (χ0) is 18.2. The van der Waals surface area contributed by atoms with Gasteiger partial charge >= 0.3 is 0 Å². The highest BCUT2D eigenvalue weighted by atomic mass is 16.5. The van der Waals surface area contributed by atoms with Gasteiger partial charge in [0.2, 0.25) is 0 Å². The molecule has 0 saturated carbocycles. The van der Waals surface area contributed by atoms with Gasteiger partial charge in [-0.05, 0) is 43.1 Å². The molecule has 1 fully saturated rings. The first-order chi connectivity index (χ1) is 12.8. The number of pyridine rings is 1. The van der Waals surface area contributed by atoms with Crippen molar-refractivity contribution in [2.45, 2.75) is 6.42 Å². The van der Waals surface area contributed by atoms with Crippen molar-refractivity contribution in [3.05, 3.63) is 53.7 Å². The van der Waals surface area contributed by atoms with Gasteiger partial charge in [-0.15, -0.1) is 0 Å². The molecule has 1 atom stereocenters. The number of anilines is 1. The predicted octanol–water partition coefficient (Wildman–Crippen LogP) is 2.64. The van der Waals surface area contributed by atoms with E-state index >= 15 is 0 Å². The van der Waals surface area contributed by atoms with E-state index in [9.17, 15) is 0 Å². The van der Waals surface area contributed by atoms with Crippen LogP contribution in [-0.2, 0) is 0 Å². The molecule has 0 aliphatic carbocycles. The van der Waals surface area contributed by atoms with Gasteiger partial charge in [-0.2, -0.15) is 10.5 Å². The minimum atomic E-state index is 0.568. The quantitative estimate of drug-likeness (QED) is 0.829. The lowest BCUT2D eigenvalue weighted by Crippen LogP contribution is -2.27. The van der Waals surface area contributed by atoms with Crippen molar-refractivity contribution in [3.8, 4) is 17.9 Å². The van der Waals surface area contributed by atoms with Gasteiger partial charge in [-0.3, -0.25) is 4.90 Å². The standard InChI is InChI=1S/C20H21N5O/c21-11-16-5-6-20(23-13-16)24-14-17-7-8-25(15-17)9-10-26-19-4-2-1-3-18(19)12-22/h1-6,13,17H,7-10,14-15H2,(H,23,24)/t17-/m0/s1. The Hall–Kier alpha value is -3.09. The zero-order valence-corrected chi connectivity index (χ0v) is 14.6. The summed E-state index contributed by atoms with van der Waals surface area (Å²) < 4.78 is 5.76. The third-order valence-electron chi connectivity index (χ3n) is 4.51. The molecule has 1 aliphatic rings. The highest BCUT2D eigenvalue weighted by molar-refractivity contribution is 5.42. The van der Waals surface area contributed by atoms with Crippen molar-refractivity contribution in [2.24, 2.45) is 5.92 Å². The van der Waals surface area contributed by atoms with Gasteiger partial charge in [0.25, 0.3) is 0 Å². The molecule has 2 heterocycles. The molecule has 0 spiro atoms. The first-order valence-electron chi connectivity index (χ1n) is 8.73. The second-order valence-corrected chi connectivity index (χ2v) is 6.34. The largest absolute Gasteiger partial charge is 0.491 e. The Kier molecular flexibility index (Phi) is 6.03. The number of ether oxygens (including phenoxy) is 1. The van der Waals surface area contributed by atoms with Gasteiger partial charge in [0.1, 0.15) is 30.3 Å². The Balaban J connectivity index is 1.38. The van der Waals surface area contributed by atoms with Gasteiger partial charge in [0.15, 0.2) is 0 Å². The van der Waals surface area contributed by atoms with Crippen LogP contribution in [-0.4, -0.2) is 42.7 Å². The van der Waals surface area contributed by atoms with E-state index in [0.29, 0.717) is 29.4 Å². The van der Waals surface area contributed by atoms with E-state index in [-0.39, 0.29) is 0 Å². The van der Waals surface area contributed by atoms with Crippen LogP contribution in [0.2, 0.25) is 0 Å². The Morgan fingerprint density at radius 3 is 2.85 bits per heavy atom. The summed E-state index contributed by atoms with van der Waals surface area (Å²) in [5, 5.41) is 21.2. The molecular formula is C20H21N5O. The molecule has 1 saturated heterocycles. The summed E-state index contributed by atoms with van der Waals surface area (Å²) in [5.74, 6) is 2.03. The number of hydrogen-bond acceptors (Lipinski definition) is 6. The van der Waals surface area contributed by atoms with Crippen LogP contribution in [0.3, 0.4) is 0 Å². The number of nitriles is 2. The highest BCUT2D eigenvalue weighted by Crippen LogP contribution is 2.19. The Morgan fingerprint density at radius 2 is 2.08 bits per heavy atom. The summed E-state index contributed by atoms with van der Waals surface area (Å²) in [6, 6.07) is 15.1. The Bertz CT molecular complexity index is 806. The summed E-state index contributed by atoms with van der Waals surface area (Å²) in [6.45, 7) is 4.37. The summed E-state index contributed by atoms with van der Waals surface area (Å²) in [5.41, 5.74) is 1.14. The molecule has 0 amide bonds. The van der Waals surface area contributed by atoms with Gasteiger partial charge in [0, 0.05) is 25.8 Å². The third-order valence-corrected chi connectivity index (χ3v) is 4.51. The minimum Gasteiger partial charge on any atom is -0.491 e. The van der Waals surface area contributed by atoms with E-state index in [1.165, 1.54) is 0 Å². The molecule has 3 rings (SSSR count). The Morgan fingerprint density at radius 1 is 1.19 bits per heavy atom. The topological polar surface area (TPSA) is 85.0 Å². The molecule has 0 unspecified atom stereocenters. The van der Waals surface area contributed by atoms with Gasteiger partial charge in [0.05, 0.1) is 11.1 Å². The van der Waals surface area contributed by atoms with Crippen molar-refractivity contribution in [1.29, 1.82) is 10.5 Å². The smallest absolute Gasteiger partial charge is 0.137 e. The molecule has 1 aromatic carbocycles. The molecule has 1 aromatic heterocycles. The van der Waals surface area contributed by atoms with E-state index < -0.39 is 0 Å². The van der Waals surface area contributed by atoms with Crippen LogP contribution in [0, 0.1) is 28.6 Å². The lowest BCUT2D eigenvalue weighted by molar-refractivity contribution is 0.233. The highest BCUT2D eigenvalue weighted by Gasteiger charge is 2.22. The maximum Gasteiger partial charge on any atom is 0.137 e. The fraction of sp³-hybridized carbons (Fsp3) is 0.350. The van der Waals surface area contributed by atoms with E-state index in [1.807, 2.05) is 24.3 Å². The predicted molar refractivity (Wildman–Crippen MR) is 98.6 cm³/mol. The average Bonchev–Trinajstić information content (AvgIpc) is 3.15. The maximum absolute atomic E-state index is 9.08. The SMILES string of the molecule is N#Cc1ccc(NC[C@@H]2CCN(CCOc3ccccc3C#N)C2)nc1. The van der Waals surface area contributed by atoms with E-state index in [2.05, 4.69) is 27.3 Å². The van der Waals surface area contributed by atoms with E-state index in [0.717, 1.165) is 38.4 Å². The number of benzene rings is 1. The maximum atomic E-state index is 9.08. The van der Waals surface area contributed by atoms with Crippen LogP contribution in [0.1, 0.15) is 17.5 Å². The van der Waals surface area contributed by atoms with Gasteiger partial charge in [-0.25, -0.2) is 4.98 Å². The molecule has 2 aromatic rings. The van der Waals surface area contributed by atoms with Crippen molar-refractivity contribution in [1.82, 2.24) is 9.88 Å². The molecule has 6 nitrogen and oxygen atoms in total. The molecule has 1 aliphatic heterocycles. The molecule has 26 heavy (non-hydrogen) atoms. The monoisotopic (exact) mass is 347 g/mol. The molecule has 1 N–H and O–H groups in total. The molecule has 6 heteroatoms. The first-order valence-corrected chi connectivity index (χ1v) is 8.73. The van der Waals surface area contributed by atoms with E-state index in [4.69, 9.17) is 15.3 Å². The molecule has 132 valence electrons. The van der Waals surface area contributed by atoms with Crippen LogP contribution in [0.15, 0.2) is 42.6 Å². The fourth-order valence-electron chi connectivity index (χ4n) is 3.07. The third kappa shape index (κ3) is 4.72. The summed E-state index contributed by atoms with van der Waals surface area (Å²) >= 11 is 0. The first kappa shape index (κ1) is 17.7. The lowest BCUT2D eigenvalue weighted by Gasteiger charge is -2.17. The Labute approximate surface area is 153 Å². The normalized spacial score (nSPS) is 16.6. The van der Waals surface area contributed by atoms with Crippen molar-refractivity contribution >= 4 is 5.82 Å². The second kappa shape index (κ2) is 8.84. The molecular weight excluding hydrogens is 326 g/mol. The van der Waals surface area contributed by atoms with Gasteiger partial charge in [-0.1, -0.05) is 12.1 Å². The number of hydrogen-bond donors (Lipinski definition) is 1. The number of nitrogens with one attached hydrogen (secondary N) is 1. The molecule has 0 bridgehead atoms. The molecule has 0 radical (unpaired) electrons. The number of aromatic nitrogens is 1. The van der Waals surface area contributed by atoms with Crippen LogP contribution in [0.5, 0.6) is 5.75 Å². The van der Waals surface area contributed by atoms with Crippen LogP contribution in [0.25, 0.3) is 0 Å². The number of likely N-dealkylation sites (tertiary alicyclic amines) is 1. The van der Waals surface area contributed by atoms with Crippen LogP contribution >= 0.6 is 0 Å². The van der Waals surface area contributed by atoms with Crippen LogP contribution < -0.4 is 10.1 Å². The average molecular weight is 347 g/mol. The summed E-state index contributed by atoms with van der Waals surface area (Å²) in [7, 11) is 0. The van der Waals surface area contributed by atoms with Crippen molar-refractivity contribution < 1.29 is 4.74 Å². The van der Waals surface area contributed by atoms with E-state index in [1.54, 1.807) is 18.3 Å². The second-order valence-electron chi connectivity index (χ2n) is 6.34. The van der Waals surface area contributed by atoms with Crippen molar-refractivity contribution in [3.63, 3.8) is 0 Å². The minimum absolute atomic E-state index is 0.568. The lowest BCUT2D eigenvalue weighted by atomic mass is 10.1. The number of nitrogens with zero attached hydrogens (tertiary/aromatic N) is 4. The summed E-state index contributed by atoms with van der Waals surface area (Å²) in [4.78, 5) is 6.62. The fourth-order valence-corrected chi connectivity index (χ4v) is 3.07. The van der Waals surface area contributed by atoms with Gasteiger partial charge < -0.3 is 10.1 Å².